The topological polar surface area (TPSA) is 39.2 Å². The fraction of sp³-hybridized carbons (Fsp3) is 0.200. The Labute approximate surface area is 120 Å². The number of hydrogen-bond acceptors (Lipinski definition) is 3. The molecule has 0 aliphatic rings. The molecule has 0 bridgehead atoms. The molecule has 1 aromatic heterocycles. The van der Waals surface area contributed by atoms with Crippen molar-refractivity contribution in [3.63, 3.8) is 0 Å². The average Bonchev–Trinajstić information content (AvgIpc) is 2.46. The number of benzene rings is 1. The zero-order chi connectivity index (χ0) is 13.7. The van der Waals surface area contributed by atoms with Gasteiger partial charge in [-0.05, 0) is 29.8 Å². The van der Waals surface area contributed by atoms with Gasteiger partial charge in [0, 0.05) is 22.3 Å². The van der Waals surface area contributed by atoms with Crippen LogP contribution in [0.5, 0.6) is 0 Å². The maximum Gasteiger partial charge on any atom is 0.306 e. The Hall–Kier alpha value is -1.68. The first-order valence-electron chi connectivity index (χ1n) is 5.94. The van der Waals surface area contributed by atoms with E-state index in [-0.39, 0.29) is 18.3 Å². The summed E-state index contributed by atoms with van der Waals surface area (Å²) in [7, 11) is 1.40. The molecule has 0 spiro atoms. The first-order valence-corrected chi connectivity index (χ1v) is 6.73. The largest absolute Gasteiger partial charge is 0.469 e. The highest BCUT2D eigenvalue weighted by Gasteiger charge is 2.19. The zero-order valence-corrected chi connectivity index (χ0v) is 12.1. The lowest BCUT2D eigenvalue weighted by Crippen LogP contribution is -2.11. The van der Waals surface area contributed by atoms with E-state index in [1.807, 2.05) is 42.5 Å². The second-order valence-corrected chi connectivity index (χ2v) is 5.05. The third-order valence-electron chi connectivity index (χ3n) is 2.92. The number of halogens is 1. The van der Waals surface area contributed by atoms with Crippen molar-refractivity contribution in [1.82, 2.24) is 4.98 Å². The predicted octanol–water partition coefficient (Wildman–Crippen LogP) is 3.54. The molecular formula is C15H14BrNO2. The molecule has 0 amide bonds. The summed E-state index contributed by atoms with van der Waals surface area (Å²) in [4.78, 5) is 15.9. The summed E-state index contributed by atoms with van der Waals surface area (Å²) in [6, 6.07) is 13.6. The summed E-state index contributed by atoms with van der Waals surface area (Å²) in [6.45, 7) is 0. The van der Waals surface area contributed by atoms with E-state index in [9.17, 15) is 4.79 Å². The Morgan fingerprint density at radius 1 is 1.26 bits per heavy atom. The van der Waals surface area contributed by atoms with Gasteiger partial charge < -0.3 is 4.74 Å². The van der Waals surface area contributed by atoms with Crippen molar-refractivity contribution in [2.24, 2.45) is 0 Å². The molecule has 0 saturated heterocycles. The number of rotatable bonds is 4. The second-order valence-electron chi connectivity index (χ2n) is 4.14. The van der Waals surface area contributed by atoms with E-state index in [2.05, 4.69) is 20.9 Å². The highest BCUT2D eigenvalue weighted by atomic mass is 79.9. The number of ether oxygens (including phenoxy) is 1. The molecule has 98 valence electrons. The third kappa shape index (κ3) is 3.64. The Morgan fingerprint density at radius 3 is 2.58 bits per heavy atom. The van der Waals surface area contributed by atoms with Gasteiger partial charge in [0.15, 0.2) is 0 Å². The van der Waals surface area contributed by atoms with E-state index in [0.29, 0.717) is 0 Å². The van der Waals surface area contributed by atoms with Crippen LogP contribution >= 0.6 is 15.9 Å². The Morgan fingerprint density at radius 2 is 2.00 bits per heavy atom. The number of esters is 1. The number of carbonyl (C=O) groups excluding carboxylic acids is 1. The maximum absolute atomic E-state index is 11.6. The quantitative estimate of drug-likeness (QED) is 0.809. The van der Waals surface area contributed by atoms with Crippen LogP contribution in [0.4, 0.5) is 0 Å². The molecule has 2 aromatic rings. The van der Waals surface area contributed by atoms with Crippen LogP contribution in [0.2, 0.25) is 0 Å². The zero-order valence-electron chi connectivity index (χ0n) is 10.5. The minimum atomic E-state index is -0.237. The summed E-state index contributed by atoms with van der Waals surface area (Å²) in [5.41, 5.74) is 1.92. The van der Waals surface area contributed by atoms with Crippen molar-refractivity contribution in [2.45, 2.75) is 12.3 Å². The monoisotopic (exact) mass is 319 g/mol. The fourth-order valence-electron chi connectivity index (χ4n) is 1.92. The van der Waals surface area contributed by atoms with Gasteiger partial charge in [0.1, 0.15) is 0 Å². The van der Waals surface area contributed by atoms with Crippen LogP contribution < -0.4 is 0 Å². The molecule has 3 nitrogen and oxygen atoms in total. The van der Waals surface area contributed by atoms with Crippen LogP contribution in [-0.2, 0) is 9.53 Å². The number of methoxy groups -OCH3 is 1. The van der Waals surface area contributed by atoms with Crippen LogP contribution in [0, 0.1) is 0 Å². The van der Waals surface area contributed by atoms with Gasteiger partial charge in [-0.1, -0.05) is 34.1 Å². The predicted molar refractivity (Wildman–Crippen MR) is 76.9 cm³/mol. The van der Waals surface area contributed by atoms with Gasteiger partial charge in [-0.25, -0.2) is 0 Å². The maximum atomic E-state index is 11.6. The molecule has 0 radical (unpaired) electrons. The molecule has 2 rings (SSSR count). The molecule has 4 heteroatoms. The molecule has 1 unspecified atom stereocenters. The Bertz CT molecular complexity index is 540. The van der Waals surface area contributed by atoms with Crippen molar-refractivity contribution in [3.05, 3.63) is 64.4 Å². The molecule has 1 heterocycles. The lowest BCUT2D eigenvalue weighted by Gasteiger charge is -2.15. The van der Waals surface area contributed by atoms with Crippen LogP contribution in [-0.4, -0.2) is 18.1 Å². The summed E-state index contributed by atoms with van der Waals surface area (Å²) in [5.74, 6) is -0.319. The number of nitrogens with zero attached hydrogens (tertiary/aromatic N) is 1. The molecule has 0 aliphatic carbocycles. The van der Waals surface area contributed by atoms with Gasteiger partial charge >= 0.3 is 5.97 Å². The van der Waals surface area contributed by atoms with Gasteiger partial charge in [-0.2, -0.15) is 0 Å². The number of carbonyl (C=O) groups is 1. The van der Waals surface area contributed by atoms with Crippen molar-refractivity contribution < 1.29 is 9.53 Å². The van der Waals surface area contributed by atoms with E-state index in [4.69, 9.17) is 4.74 Å². The summed E-state index contributed by atoms with van der Waals surface area (Å²) >= 11 is 3.41. The van der Waals surface area contributed by atoms with E-state index in [1.54, 1.807) is 6.20 Å². The van der Waals surface area contributed by atoms with Crippen molar-refractivity contribution in [1.29, 1.82) is 0 Å². The van der Waals surface area contributed by atoms with Crippen molar-refractivity contribution in [2.75, 3.05) is 7.11 Å². The van der Waals surface area contributed by atoms with E-state index in [0.717, 1.165) is 15.7 Å². The van der Waals surface area contributed by atoms with Gasteiger partial charge in [-0.15, -0.1) is 0 Å². The van der Waals surface area contributed by atoms with Crippen molar-refractivity contribution >= 4 is 21.9 Å². The normalized spacial score (nSPS) is 11.9. The summed E-state index contributed by atoms with van der Waals surface area (Å²) in [5, 5.41) is 0. The van der Waals surface area contributed by atoms with Gasteiger partial charge in [0.25, 0.3) is 0 Å². The molecular weight excluding hydrogens is 306 g/mol. The standard InChI is InChI=1S/C15H14BrNO2/c1-19-15(18)10-13(14-4-2-3-9-17-14)11-5-7-12(16)8-6-11/h2-9,13H,10H2,1H3. The SMILES string of the molecule is COC(=O)CC(c1ccc(Br)cc1)c1ccccn1. The van der Waals surface area contributed by atoms with E-state index in [1.165, 1.54) is 7.11 Å². The summed E-state index contributed by atoms with van der Waals surface area (Å²) < 4.78 is 5.78. The molecule has 0 fully saturated rings. The highest BCUT2D eigenvalue weighted by molar-refractivity contribution is 9.10. The molecule has 0 saturated carbocycles. The van der Waals surface area contributed by atoms with Crippen LogP contribution in [0.25, 0.3) is 0 Å². The lowest BCUT2D eigenvalue weighted by atomic mass is 9.92. The van der Waals surface area contributed by atoms with Crippen molar-refractivity contribution in [3.8, 4) is 0 Å². The van der Waals surface area contributed by atoms with Crippen LogP contribution in [0.15, 0.2) is 53.1 Å². The molecule has 0 aliphatic heterocycles. The average molecular weight is 320 g/mol. The molecule has 1 aromatic carbocycles. The van der Waals surface area contributed by atoms with Gasteiger partial charge in [-0.3, -0.25) is 9.78 Å². The number of hydrogen-bond donors (Lipinski definition) is 0. The van der Waals surface area contributed by atoms with Crippen LogP contribution in [0.1, 0.15) is 23.6 Å². The Balaban J connectivity index is 2.34. The van der Waals surface area contributed by atoms with Crippen LogP contribution in [0.3, 0.4) is 0 Å². The molecule has 0 N–H and O–H groups in total. The molecule has 19 heavy (non-hydrogen) atoms. The smallest absolute Gasteiger partial charge is 0.306 e. The first kappa shape index (κ1) is 13.7. The van der Waals surface area contributed by atoms with E-state index >= 15 is 0 Å². The lowest BCUT2D eigenvalue weighted by molar-refractivity contribution is -0.140. The fourth-order valence-corrected chi connectivity index (χ4v) is 2.18. The number of pyridine rings is 1. The number of aromatic nitrogens is 1. The first-order chi connectivity index (χ1) is 9.20. The molecule has 1 atom stereocenters. The minimum absolute atomic E-state index is 0.0817. The third-order valence-corrected chi connectivity index (χ3v) is 3.44. The Kier molecular flexibility index (Phi) is 4.68. The van der Waals surface area contributed by atoms with Gasteiger partial charge in [0.2, 0.25) is 0 Å². The second kappa shape index (κ2) is 6.48. The van der Waals surface area contributed by atoms with Gasteiger partial charge in [0.05, 0.1) is 13.5 Å². The highest BCUT2D eigenvalue weighted by Crippen LogP contribution is 2.27. The van der Waals surface area contributed by atoms with E-state index < -0.39 is 0 Å². The minimum Gasteiger partial charge on any atom is -0.469 e. The summed E-state index contributed by atoms with van der Waals surface area (Å²) in [6.07, 6.45) is 2.02.